The van der Waals surface area contributed by atoms with Crippen LogP contribution < -0.4 is 16.4 Å². The Morgan fingerprint density at radius 1 is 1.38 bits per heavy atom. The maximum absolute atomic E-state index is 11.8. The zero-order valence-electron chi connectivity index (χ0n) is 12.0. The van der Waals surface area contributed by atoms with E-state index in [9.17, 15) is 4.79 Å². The molecule has 2 heterocycles. The molecule has 2 amide bonds. The van der Waals surface area contributed by atoms with Gasteiger partial charge in [-0.25, -0.2) is 4.79 Å². The summed E-state index contributed by atoms with van der Waals surface area (Å²) in [6.07, 6.45) is 2.57. The number of ether oxygens (including phenoxy) is 1. The Labute approximate surface area is 124 Å². The van der Waals surface area contributed by atoms with Crippen molar-refractivity contribution in [1.82, 2.24) is 10.2 Å². The number of fused-ring (bicyclic) bond motifs is 1. The molecule has 2 atom stereocenters. The normalized spacial score (nSPS) is 25.3. The Balaban J connectivity index is 1.42. The highest BCUT2D eigenvalue weighted by Crippen LogP contribution is 2.22. The van der Waals surface area contributed by atoms with Gasteiger partial charge >= 0.3 is 6.03 Å². The molecule has 6 nitrogen and oxygen atoms in total. The van der Waals surface area contributed by atoms with Crippen molar-refractivity contribution in [2.24, 2.45) is 0 Å². The Kier molecular flexibility index (Phi) is 4.26. The summed E-state index contributed by atoms with van der Waals surface area (Å²) in [6, 6.07) is 7.44. The fourth-order valence-electron chi connectivity index (χ4n) is 2.96. The van der Waals surface area contributed by atoms with E-state index in [1.807, 2.05) is 0 Å². The first-order chi connectivity index (χ1) is 10.2. The van der Waals surface area contributed by atoms with Gasteiger partial charge in [0.25, 0.3) is 0 Å². The van der Waals surface area contributed by atoms with Crippen LogP contribution in [0.4, 0.5) is 16.2 Å². The number of hydrogen-bond donors (Lipinski definition) is 3. The highest BCUT2D eigenvalue weighted by atomic mass is 16.5. The molecule has 6 heteroatoms. The molecule has 114 valence electrons. The molecule has 4 N–H and O–H groups in total. The zero-order valence-corrected chi connectivity index (χ0v) is 12.0. The van der Waals surface area contributed by atoms with Crippen molar-refractivity contribution >= 4 is 17.4 Å². The van der Waals surface area contributed by atoms with E-state index in [4.69, 9.17) is 10.5 Å². The number of nitrogens with zero attached hydrogens (tertiary/aromatic N) is 1. The molecule has 21 heavy (non-hydrogen) atoms. The molecule has 0 saturated carbocycles. The van der Waals surface area contributed by atoms with E-state index in [1.54, 1.807) is 24.3 Å². The lowest BCUT2D eigenvalue weighted by molar-refractivity contribution is -0.0456. The molecular weight excluding hydrogens is 268 g/mol. The Hall–Kier alpha value is -1.79. The highest BCUT2D eigenvalue weighted by molar-refractivity contribution is 5.89. The number of rotatable bonds is 3. The lowest BCUT2D eigenvalue weighted by Gasteiger charge is -2.35. The molecule has 3 rings (SSSR count). The van der Waals surface area contributed by atoms with E-state index in [0.29, 0.717) is 18.3 Å². The summed E-state index contributed by atoms with van der Waals surface area (Å²) in [6.45, 7) is 3.38. The third-order valence-electron chi connectivity index (χ3n) is 4.12. The molecule has 1 aromatic carbocycles. The van der Waals surface area contributed by atoms with Crippen LogP contribution in [0, 0.1) is 0 Å². The highest BCUT2D eigenvalue weighted by Gasteiger charge is 2.32. The number of carbonyl (C=O) groups is 1. The van der Waals surface area contributed by atoms with Gasteiger partial charge in [0, 0.05) is 30.5 Å². The van der Waals surface area contributed by atoms with Gasteiger partial charge in [-0.1, -0.05) is 0 Å². The second kappa shape index (κ2) is 6.32. The van der Waals surface area contributed by atoms with Gasteiger partial charge in [0.15, 0.2) is 0 Å². The first-order valence-electron chi connectivity index (χ1n) is 7.47. The molecule has 0 radical (unpaired) electrons. The molecule has 1 aromatic rings. The van der Waals surface area contributed by atoms with E-state index in [-0.39, 0.29) is 12.1 Å². The maximum Gasteiger partial charge on any atom is 0.319 e. The zero-order chi connectivity index (χ0) is 14.7. The summed E-state index contributed by atoms with van der Waals surface area (Å²) in [5.41, 5.74) is 7.01. The molecule has 0 spiro atoms. The van der Waals surface area contributed by atoms with Crippen LogP contribution >= 0.6 is 0 Å². The summed E-state index contributed by atoms with van der Waals surface area (Å²) in [5.74, 6) is 0. The fourth-order valence-corrected chi connectivity index (χ4v) is 2.96. The minimum absolute atomic E-state index is 0.0801. The Bertz CT molecular complexity index is 491. The lowest BCUT2D eigenvalue weighted by Crippen LogP contribution is -2.50. The lowest BCUT2D eigenvalue weighted by atomic mass is 10.2. The average molecular weight is 290 g/mol. The first-order valence-corrected chi connectivity index (χ1v) is 7.47. The van der Waals surface area contributed by atoms with Gasteiger partial charge < -0.3 is 21.1 Å². The summed E-state index contributed by atoms with van der Waals surface area (Å²) in [7, 11) is 0. The van der Waals surface area contributed by atoms with Crippen molar-refractivity contribution in [1.29, 1.82) is 0 Å². The Morgan fingerprint density at radius 3 is 3.00 bits per heavy atom. The van der Waals surface area contributed by atoms with E-state index in [2.05, 4.69) is 15.5 Å². The number of urea groups is 1. The van der Waals surface area contributed by atoms with E-state index >= 15 is 0 Å². The number of nitrogens with one attached hydrogen (secondary N) is 2. The second-order valence-corrected chi connectivity index (χ2v) is 5.70. The third-order valence-corrected chi connectivity index (χ3v) is 4.12. The minimum Gasteiger partial charge on any atom is -0.399 e. The van der Waals surface area contributed by atoms with Gasteiger partial charge in [-0.15, -0.1) is 0 Å². The van der Waals surface area contributed by atoms with E-state index in [1.165, 1.54) is 12.8 Å². The van der Waals surface area contributed by atoms with Crippen LogP contribution in [0.25, 0.3) is 0 Å². The third kappa shape index (κ3) is 3.65. The van der Waals surface area contributed by atoms with Gasteiger partial charge in [0.2, 0.25) is 0 Å². The quantitative estimate of drug-likeness (QED) is 0.732. The molecular formula is C15H22N4O2. The van der Waals surface area contributed by atoms with Crippen LogP contribution in [-0.4, -0.2) is 49.3 Å². The first kappa shape index (κ1) is 14.2. The smallest absolute Gasteiger partial charge is 0.319 e. The fraction of sp³-hybridized carbons (Fsp3) is 0.533. The van der Waals surface area contributed by atoms with Crippen molar-refractivity contribution in [3.63, 3.8) is 0 Å². The molecule has 0 bridgehead atoms. The molecule has 0 aliphatic carbocycles. The van der Waals surface area contributed by atoms with Crippen LogP contribution in [0.1, 0.15) is 12.8 Å². The summed E-state index contributed by atoms with van der Waals surface area (Å²) in [4.78, 5) is 14.3. The predicted molar refractivity (Wildman–Crippen MR) is 82.2 cm³/mol. The summed E-state index contributed by atoms with van der Waals surface area (Å²) in [5, 5.41) is 5.64. The van der Waals surface area contributed by atoms with Crippen LogP contribution in [0.2, 0.25) is 0 Å². The molecule has 2 aliphatic heterocycles. The standard InChI is InChI=1S/C15H22N4O2/c16-11-3-5-12(6-4-11)18-15(20)17-8-14-9-19-7-1-2-13(19)10-21-14/h3-6,13-14H,1-2,7-10,16H2,(H2,17,18,20). The second-order valence-electron chi connectivity index (χ2n) is 5.70. The SMILES string of the molecule is Nc1ccc(NC(=O)NCC2CN3CCCC3CO2)cc1. The summed E-state index contributed by atoms with van der Waals surface area (Å²) < 4.78 is 5.81. The number of anilines is 2. The predicted octanol–water partition coefficient (Wildman–Crippen LogP) is 1.25. The maximum atomic E-state index is 11.8. The van der Waals surface area contributed by atoms with Gasteiger partial charge in [-0.05, 0) is 43.7 Å². The molecule has 2 unspecified atom stereocenters. The molecule has 0 aromatic heterocycles. The van der Waals surface area contributed by atoms with Crippen molar-refractivity contribution in [2.45, 2.75) is 25.0 Å². The monoisotopic (exact) mass is 290 g/mol. The molecule has 2 saturated heterocycles. The van der Waals surface area contributed by atoms with Gasteiger partial charge in [-0.3, -0.25) is 4.90 Å². The van der Waals surface area contributed by atoms with Crippen molar-refractivity contribution in [2.75, 3.05) is 37.3 Å². The number of amides is 2. The van der Waals surface area contributed by atoms with E-state index in [0.717, 1.165) is 25.4 Å². The van der Waals surface area contributed by atoms with Crippen LogP contribution in [0.3, 0.4) is 0 Å². The van der Waals surface area contributed by atoms with Crippen molar-refractivity contribution in [3.8, 4) is 0 Å². The largest absolute Gasteiger partial charge is 0.399 e. The van der Waals surface area contributed by atoms with Crippen molar-refractivity contribution < 1.29 is 9.53 Å². The molecule has 2 fully saturated rings. The summed E-state index contributed by atoms with van der Waals surface area (Å²) >= 11 is 0. The number of nitrogens with two attached hydrogens (primary N) is 1. The number of morpholine rings is 1. The number of nitrogen functional groups attached to an aromatic ring is 1. The minimum atomic E-state index is -0.216. The van der Waals surface area contributed by atoms with Crippen molar-refractivity contribution in [3.05, 3.63) is 24.3 Å². The van der Waals surface area contributed by atoms with E-state index < -0.39 is 0 Å². The Morgan fingerprint density at radius 2 is 2.19 bits per heavy atom. The topological polar surface area (TPSA) is 79.6 Å². The number of benzene rings is 1. The number of carbonyl (C=O) groups excluding carboxylic acids is 1. The van der Waals surface area contributed by atoms with Gasteiger partial charge in [-0.2, -0.15) is 0 Å². The van der Waals surface area contributed by atoms with Gasteiger partial charge in [0.1, 0.15) is 0 Å². The van der Waals surface area contributed by atoms with Crippen LogP contribution in [0.5, 0.6) is 0 Å². The molecule has 2 aliphatic rings. The van der Waals surface area contributed by atoms with Gasteiger partial charge in [0.05, 0.1) is 12.7 Å². The van der Waals surface area contributed by atoms with Crippen LogP contribution in [-0.2, 0) is 4.74 Å². The average Bonchev–Trinajstić information content (AvgIpc) is 2.95. The van der Waals surface area contributed by atoms with Crippen LogP contribution in [0.15, 0.2) is 24.3 Å². The number of hydrogen-bond acceptors (Lipinski definition) is 4.